The van der Waals surface area contributed by atoms with E-state index in [-0.39, 0.29) is 11.8 Å². The minimum atomic E-state index is -0.197. The molecular formula is C23H19N3O2S. The first-order valence-corrected chi connectivity index (χ1v) is 9.97. The van der Waals surface area contributed by atoms with Crippen LogP contribution in [0.2, 0.25) is 0 Å². The van der Waals surface area contributed by atoms with Crippen molar-refractivity contribution in [3.63, 3.8) is 0 Å². The largest absolute Gasteiger partial charge is 0.322 e. The Morgan fingerprint density at radius 2 is 1.62 bits per heavy atom. The van der Waals surface area contributed by atoms with Crippen molar-refractivity contribution < 1.29 is 9.59 Å². The molecule has 0 bridgehead atoms. The Kier molecular flexibility index (Phi) is 5.10. The van der Waals surface area contributed by atoms with Crippen LogP contribution < -0.4 is 10.6 Å². The maximum absolute atomic E-state index is 12.5. The summed E-state index contributed by atoms with van der Waals surface area (Å²) in [4.78, 5) is 29.4. The Hall–Kier alpha value is -3.51. The minimum Gasteiger partial charge on any atom is -0.322 e. The van der Waals surface area contributed by atoms with E-state index in [1.807, 2.05) is 62.4 Å². The molecule has 2 amide bonds. The van der Waals surface area contributed by atoms with Crippen molar-refractivity contribution in [1.29, 1.82) is 0 Å². The van der Waals surface area contributed by atoms with Crippen LogP contribution in [0.15, 0.2) is 66.7 Å². The fourth-order valence-corrected chi connectivity index (χ4v) is 3.80. The molecule has 0 unspecified atom stereocenters. The zero-order valence-electron chi connectivity index (χ0n) is 16.0. The molecule has 5 nitrogen and oxygen atoms in total. The summed E-state index contributed by atoms with van der Waals surface area (Å²) in [6.45, 7) is 3.88. The van der Waals surface area contributed by atoms with E-state index < -0.39 is 0 Å². The Morgan fingerprint density at radius 1 is 0.862 bits per heavy atom. The highest BCUT2D eigenvalue weighted by molar-refractivity contribution is 7.22. The quantitative estimate of drug-likeness (QED) is 0.480. The van der Waals surface area contributed by atoms with Gasteiger partial charge in [0.2, 0.25) is 0 Å². The second-order valence-electron chi connectivity index (χ2n) is 6.79. The molecule has 4 aromatic rings. The lowest BCUT2D eigenvalue weighted by Gasteiger charge is -2.07. The van der Waals surface area contributed by atoms with Crippen molar-refractivity contribution in [2.45, 2.75) is 13.8 Å². The topological polar surface area (TPSA) is 71.1 Å². The van der Waals surface area contributed by atoms with Crippen molar-refractivity contribution in [3.05, 3.63) is 89.0 Å². The van der Waals surface area contributed by atoms with E-state index in [1.54, 1.807) is 18.2 Å². The monoisotopic (exact) mass is 401 g/mol. The number of aryl methyl sites for hydroxylation is 2. The number of fused-ring (bicyclic) bond motifs is 1. The van der Waals surface area contributed by atoms with Gasteiger partial charge < -0.3 is 5.32 Å². The second kappa shape index (κ2) is 7.85. The van der Waals surface area contributed by atoms with E-state index in [4.69, 9.17) is 0 Å². The van der Waals surface area contributed by atoms with Crippen LogP contribution in [-0.4, -0.2) is 16.8 Å². The first-order valence-electron chi connectivity index (χ1n) is 9.15. The minimum absolute atomic E-state index is 0.162. The lowest BCUT2D eigenvalue weighted by Crippen LogP contribution is -2.13. The lowest BCUT2D eigenvalue weighted by molar-refractivity contribution is 0.101. The fourth-order valence-electron chi connectivity index (χ4n) is 2.96. The van der Waals surface area contributed by atoms with Gasteiger partial charge in [-0.05, 0) is 55.8 Å². The van der Waals surface area contributed by atoms with E-state index >= 15 is 0 Å². The number of carbonyl (C=O) groups excluding carboxylic acids is 2. The Bertz CT molecular complexity index is 1210. The number of aromatic nitrogens is 1. The van der Waals surface area contributed by atoms with Crippen molar-refractivity contribution >= 4 is 44.2 Å². The maximum atomic E-state index is 12.5. The van der Waals surface area contributed by atoms with Crippen LogP contribution in [0, 0.1) is 13.8 Å². The summed E-state index contributed by atoms with van der Waals surface area (Å²) < 4.78 is 0.929. The Labute approximate surface area is 172 Å². The fraction of sp³-hybridized carbons (Fsp3) is 0.0870. The third-order valence-corrected chi connectivity index (χ3v) is 5.52. The summed E-state index contributed by atoms with van der Waals surface area (Å²) in [7, 11) is 0. The van der Waals surface area contributed by atoms with Crippen LogP contribution in [0.3, 0.4) is 0 Å². The van der Waals surface area contributed by atoms with Crippen LogP contribution in [0.4, 0.5) is 10.8 Å². The van der Waals surface area contributed by atoms with Gasteiger partial charge in [-0.2, -0.15) is 0 Å². The van der Waals surface area contributed by atoms with Gasteiger partial charge in [0.05, 0.1) is 10.2 Å². The van der Waals surface area contributed by atoms with Gasteiger partial charge in [0.25, 0.3) is 11.8 Å². The summed E-state index contributed by atoms with van der Waals surface area (Å²) in [5.41, 5.74) is 4.62. The van der Waals surface area contributed by atoms with Gasteiger partial charge in [-0.3, -0.25) is 14.9 Å². The van der Waals surface area contributed by atoms with Crippen molar-refractivity contribution in [1.82, 2.24) is 4.98 Å². The zero-order valence-corrected chi connectivity index (χ0v) is 16.8. The number of anilines is 2. The highest BCUT2D eigenvalue weighted by Crippen LogP contribution is 2.28. The zero-order chi connectivity index (χ0) is 20.4. The molecule has 0 radical (unpaired) electrons. The molecule has 1 aromatic heterocycles. The van der Waals surface area contributed by atoms with Crippen molar-refractivity contribution in [3.8, 4) is 0 Å². The number of rotatable bonds is 4. The molecule has 0 aliphatic carbocycles. The van der Waals surface area contributed by atoms with E-state index in [9.17, 15) is 9.59 Å². The number of amides is 2. The first-order chi connectivity index (χ1) is 14.0. The van der Waals surface area contributed by atoms with Gasteiger partial charge >= 0.3 is 0 Å². The maximum Gasteiger partial charge on any atom is 0.257 e. The van der Waals surface area contributed by atoms with E-state index in [2.05, 4.69) is 15.6 Å². The number of hydrogen-bond acceptors (Lipinski definition) is 4. The summed E-state index contributed by atoms with van der Waals surface area (Å²) in [5.74, 6) is -0.359. The SMILES string of the molecule is Cc1ccc(C(=O)Nc2nc3cc(NC(=O)c4ccccc4C)ccc3s2)cc1. The average molecular weight is 401 g/mol. The molecule has 0 spiro atoms. The molecule has 0 atom stereocenters. The molecule has 3 aromatic carbocycles. The highest BCUT2D eigenvalue weighted by atomic mass is 32.1. The number of nitrogens with one attached hydrogen (secondary N) is 2. The molecular weight excluding hydrogens is 382 g/mol. The summed E-state index contributed by atoms with van der Waals surface area (Å²) in [5, 5.41) is 6.27. The molecule has 0 saturated carbocycles. The second-order valence-corrected chi connectivity index (χ2v) is 7.82. The first kappa shape index (κ1) is 18.8. The third-order valence-electron chi connectivity index (χ3n) is 4.57. The van der Waals surface area contributed by atoms with Gasteiger partial charge in [0.15, 0.2) is 5.13 Å². The van der Waals surface area contributed by atoms with Crippen LogP contribution >= 0.6 is 11.3 Å². The number of thiazole rings is 1. The summed E-state index contributed by atoms with van der Waals surface area (Å²) in [6.07, 6.45) is 0. The highest BCUT2D eigenvalue weighted by Gasteiger charge is 2.12. The molecule has 2 N–H and O–H groups in total. The number of hydrogen-bond donors (Lipinski definition) is 2. The van der Waals surface area contributed by atoms with E-state index in [0.29, 0.717) is 21.9 Å². The molecule has 144 valence electrons. The Balaban J connectivity index is 1.51. The summed E-state index contributed by atoms with van der Waals surface area (Å²) in [6, 6.07) is 20.4. The normalized spacial score (nSPS) is 10.7. The lowest BCUT2D eigenvalue weighted by atomic mass is 10.1. The van der Waals surface area contributed by atoms with Crippen LogP contribution in [-0.2, 0) is 0 Å². The van der Waals surface area contributed by atoms with E-state index in [0.717, 1.165) is 21.3 Å². The van der Waals surface area contributed by atoms with Gasteiger partial charge in [0, 0.05) is 16.8 Å². The molecule has 0 aliphatic heterocycles. The smallest absolute Gasteiger partial charge is 0.257 e. The number of nitrogens with zero attached hydrogens (tertiary/aromatic N) is 1. The summed E-state index contributed by atoms with van der Waals surface area (Å²) >= 11 is 1.39. The molecule has 0 aliphatic rings. The van der Waals surface area contributed by atoms with Gasteiger partial charge in [0.1, 0.15) is 0 Å². The molecule has 4 rings (SSSR count). The average Bonchev–Trinajstić information content (AvgIpc) is 3.10. The molecule has 0 saturated heterocycles. The predicted molar refractivity (Wildman–Crippen MR) is 118 cm³/mol. The standard InChI is InChI=1S/C23H19N3O2S/c1-14-7-9-16(10-8-14)21(27)26-23-25-19-13-17(11-12-20(19)29-23)24-22(28)18-6-4-3-5-15(18)2/h3-13H,1-2H3,(H,24,28)(H,25,26,27). The number of benzene rings is 3. The third kappa shape index (κ3) is 4.17. The Morgan fingerprint density at radius 3 is 2.38 bits per heavy atom. The van der Waals surface area contributed by atoms with Crippen molar-refractivity contribution in [2.24, 2.45) is 0 Å². The molecule has 0 fully saturated rings. The van der Waals surface area contributed by atoms with Gasteiger partial charge in [-0.25, -0.2) is 4.98 Å². The van der Waals surface area contributed by atoms with Crippen molar-refractivity contribution in [2.75, 3.05) is 10.6 Å². The number of carbonyl (C=O) groups is 2. The van der Waals surface area contributed by atoms with Crippen LogP contribution in [0.5, 0.6) is 0 Å². The molecule has 29 heavy (non-hydrogen) atoms. The predicted octanol–water partition coefficient (Wildman–Crippen LogP) is 5.42. The van der Waals surface area contributed by atoms with Gasteiger partial charge in [-0.15, -0.1) is 0 Å². The van der Waals surface area contributed by atoms with Crippen LogP contribution in [0.25, 0.3) is 10.2 Å². The molecule has 1 heterocycles. The van der Waals surface area contributed by atoms with E-state index in [1.165, 1.54) is 11.3 Å². The van der Waals surface area contributed by atoms with Crippen LogP contribution in [0.1, 0.15) is 31.8 Å². The molecule has 6 heteroatoms. The van der Waals surface area contributed by atoms with Gasteiger partial charge in [-0.1, -0.05) is 47.2 Å².